The molecule has 0 unspecified atom stereocenters. The van der Waals surface area contributed by atoms with Crippen LogP contribution in [0.3, 0.4) is 0 Å². The van der Waals surface area contributed by atoms with Crippen LogP contribution in [0.25, 0.3) is 11.1 Å². The second kappa shape index (κ2) is 5.79. The van der Waals surface area contributed by atoms with Crippen LogP contribution >= 0.6 is 0 Å². The van der Waals surface area contributed by atoms with Gasteiger partial charge in [-0.05, 0) is 36.6 Å². The highest BCUT2D eigenvalue weighted by Gasteiger charge is 2.15. The first kappa shape index (κ1) is 13.4. The monoisotopic (exact) mass is 279 g/mol. The Kier molecular flexibility index (Phi) is 3.69. The van der Waals surface area contributed by atoms with Crippen LogP contribution in [0.2, 0.25) is 0 Å². The van der Waals surface area contributed by atoms with Crippen LogP contribution in [-0.2, 0) is 12.8 Å². The average molecular weight is 279 g/mol. The van der Waals surface area contributed by atoms with Crippen molar-refractivity contribution in [2.45, 2.75) is 19.8 Å². The minimum atomic E-state index is 0.431. The quantitative estimate of drug-likeness (QED) is 0.794. The van der Waals surface area contributed by atoms with Crippen LogP contribution in [0.5, 0.6) is 0 Å². The number of pyridine rings is 1. The van der Waals surface area contributed by atoms with Crippen molar-refractivity contribution in [3.63, 3.8) is 0 Å². The molecule has 2 N–H and O–H groups in total. The van der Waals surface area contributed by atoms with Gasteiger partial charge >= 0.3 is 0 Å². The van der Waals surface area contributed by atoms with Gasteiger partial charge in [0.2, 0.25) is 0 Å². The molecule has 106 valence electrons. The van der Waals surface area contributed by atoms with Gasteiger partial charge in [-0.15, -0.1) is 0 Å². The van der Waals surface area contributed by atoms with Gasteiger partial charge in [0.25, 0.3) is 0 Å². The van der Waals surface area contributed by atoms with E-state index in [4.69, 9.17) is 10.3 Å². The second-order valence-corrected chi connectivity index (χ2v) is 5.09. The summed E-state index contributed by atoms with van der Waals surface area (Å²) < 4.78 is 5.41. The van der Waals surface area contributed by atoms with Crippen molar-refractivity contribution in [3.8, 4) is 11.1 Å². The average Bonchev–Trinajstić information content (AvgIpc) is 2.87. The summed E-state index contributed by atoms with van der Waals surface area (Å²) in [7, 11) is 0. The molecule has 1 aromatic carbocycles. The van der Waals surface area contributed by atoms with Crippen molar-refractivity contribution in [1.82, 2.24) is 10.1 Å². The molecule has 0 atom stereocenters. The molecule has 0 aliphatic carbocycles. The Labute approximate surface area is 123 Å². The van der Waals surface area contributed by atoms with Gasteiger partial charge in [-0.1, -0.05) is 35.0 Å². The fourth-order valence-electron chi connectivity index (χ4n) is 2.46. The molecular formula is C17H17N3O. The molecule has 0 saturated carbocycles. The van der Waals surface area contributed by atoms with Gasteiger partial charge in [-0.3, -0.25) is 4.98 Å². The predicted octanol–water partition coefficient (Wildman–Crippen LogP) is 3.41. The lowest BCUT2D eigenvalue weighted by atomic mass is 10.0. The third kappa shape index (κ3) is 2.94. The van der Waals surface area contributed by atoms with Gasteiger partial charge in [-0.2, -0.15) is 0 Å². The molecule has 0 fully saturated rings. The maximum atomic E-state index is 5.94. The number of nitrogens with two attached hydrogens (primary N) is 1. The largest absolute Gasteiger partial charge is 0.380 e. The van der Waals surface area contributed by atoms with E-state index in [1.54, 1.807) is 12.4 Å². The van der Waals surface area contributed by atoms with Gasteiger partial charge in [0.15, 0.2) is 5.82 Å². The van der Waals surface area contributed by atoms with Crippen molar-refractivity contribution < 1.29 is 4.52 Å². The Hall–Kier alpha value is -2.62. The molecule has 0 aliphatic heterocycles. The van der Waals surface area contributed by atoms with Crippen LogP contribution < -0.4 is 5.73 Å². The molecule has 0 spiro atoms. The number of nitrogens with zero attached hydrogens (tertiary/aromatic N) is 2. The molecule has 0 radical (unpaired) electrons. The molecule has 4 heteroatoms. The molecule has 0 saturated heterocycles. The molecule has 2 aromatic heterocycles. The van der Waals surface area contributed by atoms with Crippen LogP contribution in [0.15, 0.2) is 53.3 Å². The molecule has 3 aromatic rings. The molecule has 0 amide bonds. The van der Waals surface area contributed by atoms with Gasteiger partial charge in [-0.25, -0.2) is 0 Å². The van der Waals surface area contributed by atoms with E-state index in [0.717, 1.165) is 29.7 Å². The summed E-state index contributed by atoms with van der Waals surface area (Å²) in [5, 5.41) is 3.91. The van der Waals surface area contributed by atoms with E-state index in [1.165, 1.54) is 11.1 Å². The van der Waals surface area contributed by atoms with E-state index in [2.05, 4.69) is 41.3 Å². The van der Waals surface area contributed by atoms with Crippen molar-refractivity contribution in [2.24, 2.45) is 0 Å². The van der Waals surface area contributed by atoms with Crippen LogP contribution in [-0.4, -0.2) is 10.1 Å². The lowest BCUT2D eigenvalue weighted by Crippen LogP contribution is -1.94. The van der Waals surface area contributed by atoms with Crippen molar-refractivity contribution in [3.05, 3.63) is 65.7 Å². The minimum absolute atomic E-state index is 0.431. The van der Waals surface area contributed by atoms with Gasteiger partial charge in [0, 0.05) is 18.8 Å². The van der Waals surface area contributed by atoms with E-state index in [0.29, 0.717) is 5.82 Å². The zero-order chi connectivity index (χ0) is 14.7. The summed E-state index contributed by atoms with van der Waals surface area (Å²) in [5.41, 5.74) is 10.4. The fraction of sp³-hybridized carbons (Fsp3) is 0.176. The Bertz CT molecular complexity index is 735. The van der Waals surface area contributed by atoms with E-state index in [1.807, 2.05) is 12.1 Å². The maximum absolute atomic E-state index is 5.94. The highest BCUT2D eigenvalue weighted by molar-refractivity contribution is 5.75. The number of benzene rings is 1. The van der Waals surface area contributed by atoms with Gasteiger partial charge in [0.1, 0.15) is 5.76 Å². The molecule has 21 heavy (non-hydrogen) atoms. The summed E-state index contributed by atoms with van der Waals surface area (Å²) in [6.45, 7) is 2.10. The van der Waals surface area contributed by atoms with Crippen LogP contribution in [0.1, 0.15) is 16.9 Å². The zero-order valence-corrected chi connectivity index (χ0v) is 11.9. The van der Waals surface area contributed by atoms with Crippen LogP contribution in [0.4, 0.5) is 5.82 Å². The maximum Gasteiger partial charge on any atom is 0.175 e. The predicted molar refractivity (Wildman–Crippen MR) is 82.7 cm³/mol. The standard InChI is InChI=1S/C17H17N3O/c1-12-3-2-4-13(11-12)5-6-15-16(17(18)20-21-15)14-7-9-19-10-8-14/h2-4,7-11H,5-6H2,1H3,(H2,18,20). The summed E-state index contributed by atoms with van der Waals surface area (Å²) in [4.78, 5) is 4.03. The third-order valence-electron chi connectivity index (χ3n) is 3.48. The fourth-order valence-corrected chi connectivity index (χ4v) is 2.46. The SMILES string of the molecule is Cc1cccc(CCc2onc(N)c2-c2ccncc2)c1. The first-order valence-corrected chi connectivity index (χ1v) is 6.94. The van der Waals surface area contributed by atoms with Crippen molar-refractivity contribution in [1.29, 1.82) is 0 Å². The normalized spacial score (nSPS) is 10.7. The Morgan fingerprint density at radius 2 is 1.90 bits per heavy atom. The molecule has 0 bridgehead atoms. The topological polar surface area (TPSA) is 64.9 Å². The van der Waals surface area contributed by atoms with Gasteiger partial charge in [0.05, 0.1) is 5.56 Å². The molecular weight excluding hydrogens is 262 g/mol. The minimum Gasteiger partial charge on any atom is -0.380 e. The molecule has 4 nitrogen and oxygen atoms in total. The number of aromatic nitrogens is 2. The van der Waals surface area contributed by atoms with E-state index in [-0.39, 0.29) is 0 Å². The smallest absolute Gasteiger partial charge is 0.175 e. The molecule has 2 heterocycles. The Balaban J connectivity index is 1.84. The second-order valence-electron chi connectivity index (χ2n) is 5.09. The Morgan fingerprint density at radius 3 is 2.67 bits per heavy atom. The summed E-state index contributed by atoms with van der Waals surface area (Å²) in [6.07, 6.45) is 5.15. The lowest BCUT2D eigenvalue weighted by Gasteiger charge is -2.03. The molecule has 0 aliphatic rings. The highest BCUT2D eigenvalue weighted by atomic mass is 16.5. The number of aryl methyl sites for hydroxylation is 3. The first-order valence-electron chi connectivity index (χ1n) is 6.94. The van der Waals surface area contributed by atoms with E-state index < -0.39 is 0 Å². The van der Waals surface area contributed by atoms with E-state index in [9.17, 15) is 0 Å². The first-order chi connectivity index (χ1) is 10.2. The number of hydrogen-bond donors (Lipinski definition) is 1. The summed E-state index contributed by atoms with van der Waals surface area (Å²) in [5.74, 6) is 1.25. The van der Waals surface area contributed by atoms with Crippen molar-refractivity contribution in [2.75, 3.05) is 5.73 Å². The van der Waals surface area contributed by atoms with E-state index >= 15 is 0 Å². The number of rotatable bonds is 4. The Morgan fingerprint density at radius 1 is 1.10 bits per heavy atom. The zero-order valence-electron chi connectivity index (χ0n) is 11.9. The number of anilines is 1. The number of hydrogen-bond acceptors (Lipinski definition) is 4. The van der Waals surface area contributed by atoms with Crippen molar-refractivity contribution >= 4 is 5.82 Å². The number of nitrogen functional groups attached to an aromatic ring is 1. The third-order valence-corrected chi connectivity index (χ3v) is 3.48. The van der Waals surface area contributed by atoms with Gasteiger partial charge < -0.3 is 10.3 Å². The molecule has 3 rings (SSSR count). The highest BCUT2D eigenvalue weighted by Crippen LogP contribution is 2.29. The summed E-state index contributed by atoms with van der Waals surface area (Å²) in [6, 6.07) is 12.3. The summed E-state index contributed by atoms with van der Waals surface area (Å²) >= 11 is 0. The lowest BCUT2D eigenvalue weighted by molar-refractivity contribution is 0.386. The van der Waals surface area contributed by atoms with Crippen LogP contribution in [0, 0.1) is 6.92 Å².